The first-order valence-electron chi connectivity index (χ1n) is 27.9. The fourth-order valence-corrected chi connectivity index (χ4v) is 13.2. The number of hydrogen-bond acceptors (Lipinski definition) is 2. The smallest absolute Gasteiger partial charge is 0.0465 e. The van der Waals surface area contributed by atoms with Crippen LogP contribution in [-0.2, 0) is 16.2 Å². The maximum atomic E-state index is 2.48. The van der Waals surface area contributed by atoms with Crippen LogP contribution >= 0.6 is 0 Å². The Morgan fingerprint density at radius 2 is 0.623 bits per heavy atom. The summed E-state index contributed by atoms with van der Waals surface area (Å²) in [5.74, 6) is 0.550. The van der Waals surface area contributed by atoms with Crippen molar-refractivity contribution < 1.29 is 0 Å². The van der Waals surface area contributed by atoms with Gasteiger partial charge in [-0.2, -0.15) is 0 Å². The molecule has 0 heterocycles. The van der Waals surface area contributed by atoms with Crippen LogP contribution in [0.5, 0.6) is 0 Å². The number of fused-ring (bicyclic) bond motifs is 9. The zero-order valence-electron chi connectivity index (χ0n) is 46.4. The van der Waals surface area contributed by atoms with Gasteiger partial charge in [0, 0.05) is 50.4 Å². The molecule has 0 aliphatic heterocycles. The van der Waals surface area contributed by atoms with E-state index in [1.165, 1.54) is 106 Å². The molecule has 10 aromatic rings. The van der Waals surface area contributed by atoms with Crippen LogP contribution < -0.4 is 9.80 Å². The molecule has 3 aliphatic carbocycles. The number of hydrogen-bond donors (Lipinski definition) is 0. The van der Waals surface area contributed by atoms with E-state index in [0.29, 0.717) is 5.92 Å². The van der Waals surface area contributed by atoms with E-state index in [9.17, 15) is 0 Å². The van der Waals surface area contributed by atoms with E-state index in [0.717, 1.165) is 40.5 Å². The summed E-state index contributed by atoms with van der Waals surface area (Å²) in [6.07, 6.45) is 1.14. The largest absolute Gasteiger partial charge is 0.310 e. The Balaban J connectivity index is 0.822. The van der Waals surface area contributed by atoms with Crippen LogP contribution in [0.4, 0.5) is 34.1 Å². The van der Waals surface area contributed by atoms with Crippen molar-refractivity contribution in [1.82, 2.24) is 0 Å². The van der Waals surface area contributed by atoms with Crippen molar-refractivity contribution in [2.45, 2.75) is 97.8 Å². The molecule has 2 nitrogen and oxygen atoms in total. The van der Waals surface area contributed by atoms with Gasteiger partial charge in [-0.1, -0.05) is 194 Å². The summed E-state index contributed by atoms with van der Waals surface area (Å²) in [5, 5.41) is 0. The van der Waals surface area contributed by atoms with Gasteiger partial charge in [-0.05, 0) is 206 Å². The van der Waals surface area contributed by atoms with Gasteiger partial charge >= 0.3 is 0 Å². The van der Waals surface area contributed by atoms with Crippen molar-refractivity contribution >= 4 is 34.1 Å². The SMILES string of the molecule is CCC(C)c1ccc2c(c1)C(C)(C)c1cc(-c3ccc(N(c4ccc(C)cc4)c4ccc5c(c4)C(C)(C)c4cc(N(c6ccc(C)cc6)c6ccc(-c7ccc8c(c7)C(C)(C)c7ccccc7-8)cc6)ccc4-5)cc3)ccc1-2. The minimum atomic E-state index is -0.264. The Bertz CT molecular complexity index is 3940. The molecule has 3 aliphatic rings. The van der Waals surface area contributed by atoms with Gasteiger partial charge in [0.05, 0.1) is 0 Å². The summed E-state index contributed by atoms with van der Waals surface area (Å²) >= 11 is 0. The normalized spacial score (nSPS) is 14.9. The molecule has 0 amide bonds. The minimum absolute atomic E-state index is 0.0473. The molecule has 1 unspecified atom stereocenters. The Hall–Kier alpha value is -8.20. The molecule has 0 spiro atoms. The quantitative estimate of drug-likeness (QED) is 0.135. The molecule has 77 heavy (non-hydrogen) atoms. The fraction of sp³-hybridized carbons (Fsp3) is 0.200. The summed E-state index contributed by atoms with van der Waals surface area (Å²) in [6.45, 7) is 23.3. The first kappa shape index (κ1) is 48.4. The molecule has 13 rings (SSSR count). The monoisotopic (exact) mass is 997 g/mol. The Morgan fingerprint density at radius 3 is 1.05 bits per heavy atom. The van der Waals surface area contributed by atoms with Crippen molar-refractivity contribution in [3.63, 3.8) is 0 Å². The van der Waals surface area contributed by atoms with E-state index in [1.54, 1.807) is 0 Å². The average molecular weight is 997 g/mol. The Labute approximate surface area is 457 Å². The second-order valence-electron chi connectivity index (χ2n) is 24.0. The van der Waals surface area contributed by atoms with Gasteiger partial charge in [0.1, 0.15) is 0 Å². The molecule has 378 valence electrons. The predicted octanol–water partition coefficient (Wildman–Crippen LogP) is 21.0. The van der Waals surface area contributed by atoms with E-state index in [-0.39, 0.29) is 16.2 Å². The fourth-order valence-electron chi connectivity index (χ4n) is 13.2. The molecule has 0 bridgehead atoms. The van der Waals surface area contributed by atoms with Gasteiger partial charge in [-0.15, -0.1) is 0 Å². The maximum Gasteiger partial charge on any atom is 0.0465 e. The highest BCUT2D eigenvalue weighted by atomic mass is 15.1. The van der Waals surface area contributed by atoms with Gasteiger partial charge in [-0.25, -0.2) is 0 Å². The third kappa shape index (κ3) is 7.82. The second kappa shape index (κ2) is 18.0. The number of aryl methyl sites for hydroxylation is 2. The topological polar surface area (TPSA) is 6.48 Å². The molecule has 10 aromatic carbocycles. The van der Waals surface area contributed by atoms with Crippen molar-refractivity contribution in [3.8, 4) is 55.6 Å². The van der Waals surface area contributed by atoms with Crippen molar-refractivity contribution in [3.05, 3.63) is 262 Å². The van der Waals surface area contributed by atoms with Crippen LogP contribution in [0.15, 0.2) is 212 Å². The molecule has 0 saturated heterocycles. The highest BCUT2D eigenvalue weighted by Crippen LogP contribution is 2.55. The number of benzene rings is 10. The maximum absolute atomic E-state index is 2.48. The summed E-state index contributed by atoms with van der Waals surface area (Å²) in [7, 11) is 0. The Kier molecular flexibility index (Phi) is 11.3. The Morgan fingerprint density at radius 1 is 0.312 bits per heavy atom. The molecule has 0 saturated carbocycles. The van der Waals surface area contributed by atoms with E-state index >= 15 is 0 Å². The van der Waals surface area contributed by atoms with Crippen LogP contribution in [0.2, 0.25) is 0 Å². The van der Waals surface area contributed by atoms with Gasteiger partial charge in [0.15, 0.2) is 0 Å². The summed E-state index contributed by atoms with van der Waals surface area (Å²) in [4.78, 5) is 4.85. The van der Waals surface area contributed by atoms with Gasteiger partial charge in [-0.3, -0.25) is 0 Å². The zero-order valence-corrected chi connectivity index (χ0v) is 46.4. The summed E-state index contributed by atoms with van der Waals surface area (Å²) in [6, 6.07) is 80.8. The van der Waals surface area contributed by atoms with Crippen LogP contribution in [-0.4, -0.2) is 0 Å². The third-order valence-electron chi connectivity index (χ3n) is 18.1. The van der Waals surface area contributed by atoms with E-state index < -0.39 is 0 Å². The van der Waals surface area contributed by atoms with Crippen molar-refractivity contribution in [1.29, 1.82) is 0 Å². The molecule has 0 aromatic heterocycles. The standard InChI is InChI=1S/C75H68N2/c1-11-49(4)52-24-37-63-64-39-26-54(44-70(64)74(7,8)68(63)42-52)51-22-33-58(34-23-51)77(56-29-18-48(3)19-30-56)60-36-41-66-65-40-35-59(45-71(65)75(9,10)72(66)46-60)76(55-27-16-47(2)17-28-55)57-31-20-50(21-32-57)53-25-38-62-61-14-12-13-15-67(61)73(5,6)69(62)43-53/h12-46,49H,11H2,1-10H3. The van der Waals surface area contributed by atoms with Gasteiger partial charge in [0.25, 0.3) is 0 Å². The average Bonchev–Trinajstić information content (AvgIpc) is 3.93. The van der Waals surface area contributed by atoms with E-state index in [1.807, 2.05) is 0 Å². The molecule has 0 fully saturated rings. The van der Waals surface area contributed by atoms with E-state index in [2.05, 4.69) is 291 Å². The number of nitrogens with zero attached hydrogens (tertiary/aromatic N) is 2. The van der Waals surface area contributed by atoms with Crippen molar-refractivity contribution in [2.75, 3.05) is 9.80 Å². The summed E-state index contributed by atoms with van der Waals surface area (Å²) in [5.41, 5.74) is 31.6. The van der Waals surface area contributed by atoms with Gasteiger partial charge in [0.2, 0.25) is 0 Å². The second-order valence-corrected chi connectivity index (χ2v) is 24.0. The first-order chi connectivity index (χ1) is 37.1. The highest BCUT2D eigenvalue weighted by molar-refractivity contribution is 5.90. The third-order valence-corrected chi connectivity index (χ3v) is 18.1. The lowest BCUT2D eigenvalue weighted by Gasteiger charge is -2.29. The highest BCUT2D eigenvalue weighted by Gasteiger charge is 2.39. The molecule has 0 N–H and O–H groups in total. The van der Waals surface area contributed by atoms with Gasteiger partial charge < -0.3 is 9.80 Å². The number of anilines is 6. The molecule has 1 atom stereocenters. The predicted molar refractivity (Wildman–Crippen MR) is 328 cm³/mol. The first-order valence-corrected chi connectivity index (χ1v) is 27.9. The molecular formula is C75H68N2. The van der Waals surface area contributed by atoms with Crippen LogP contribution in [0.3, 0.4) is 0 Å². The minimum Gasteiger partial charge on any atom is -0.310 e. The van der Waals surface area contributed by atoms with Crippen LogP contribution in [0, 0.1) is 13.8 Å². The summed E-state index contributed by atoms with van der Waals surface area (Å²) < 4.78 is 0. The molecule has 2 heteroatoms. The number of rotatable bonds is 10. The van der Waals surface area contributed by atoms with E-state index in [4.69, 9.17) is 0 Å². The lowest BCUT2D eigenvalue weighted by Crippen LogP contribution is -2.17. The van der Waals surface area contributed by atoms with Crippen LogP contribution in [0.25, 0.3) is 55.6 Å². The molecular weight excluding hydrogens is 929 g/mol. The lowest BCUT2D eigenvalue weighted by molar-refractivity contribution is 0.655. The lowest BCUT2D eigenvalue weighted by atomic mass is 9.80. The molecule has 0 radical (unpaired) electrons. The van der Waals surface area contributed by atoms with Crippen molar-refractivity contribution in [2.24, 2.45) is 0 Å². The van der Waals surface area contributed by atoms with Crippen LogP contribution in [0.1, 0.15) is 118 Å². The zero-order chi connectivity index (χ0) is 53.1.